The van der Waals surface area contributed by atoms with Crippen molar-refractivity contribution in [1.82, 2.24) is 5.16 Å². The molecule has 33 heavy (non-hydrogen) atoms. The zero-order valence-electron chi connectivity index (χ0n) is 17.3. The lowest BCUT2D eigenvalue weighted by Crippen LogP contribution is -2.10. The first-order valence-corrected chi connectivity index (χ1v) is 10.2. The van der Waals surface area contributed by atoms with Crippen molar-refractivity contribution in [3.8, 4) is 23.0 Å². The number of ether oxygens (including phenoxy) is 6. The first kappa shape index (κ1) is 21.0. The molecule has 0 spiro atoms. The topological polar surface area (TPSA) is 122 Å². The molecule has 170 valence electrons. The molecule has 3 heterocycles. The average Bonchev–Trinajstić information content (AvgIpc) is 3.77. The van der Waals surface area contributed by atoms with Gasteiger partial charge in [0.1, 0.15) is 48.4 Å². The van der Waals surface area contributed by atoms with Crippen molar-refractivity contribution in [2.75, 3.05) is 26.4 Å². The van der Waals surface area contributed by atoms with E-state index in [1.54, 1.807) is 48.5 Å². The van der Waals surface area contributed by atoms with Crippen LogP contribution in [0.1, 0.15) is 21.0 Å². The molecule has 2 saturated heterocycles. The van der Waals surface area contributed by atoms with Crippen molar-refractivity contribution >= 4 is 11.9 Å². The van der Waals surface area contributed by atoms with E-state index in [0.29, 0.717) is 37.9 Å². The van der Waals surface area contributed by atoms with E-state index in [-0.39, 0.29) is 35.2 Å². The first-order valence-electron chi connectivity index (χ1n) is 10.2. The van der Waals surface area contributed by atoms with Gasteiger partial charge in [0.25, 0.3) is 0 Å². The number of esters is 2. The number of epoxide rings is 2. The molecule has 2 fully saturated rings. The maximum Gasteiger partial charge on any atom is 0.382 e. The molecule has 10 heteroatoms. The number of rotatable bonds is 10. The smallest absolute Gasteiger partial charge is 0.382 e. The Balaban J connectivity index is 1.12. The third kappa shape index (κ3) is 5.88. The van der Waals surface area contributed by atoms with Gasteiger partial charge in [0, 0.05) is 6.07 Å². The molecule has 2 aromatic carbocycles. The van der Waals surface area contributed by atoms with E-state index in [1.165, 1.54) is 0 Å². The van der Waals surface area contributed by atoms with Crippen molar-refractivity contribution in [3.63, 3.8) is 0 Å². The molecule has 0 saturated carbocycles. The summed E-state index contributed by atoms with van der Waals surface area (Å²) in [5.41, 5.74) is -0.167. The Morgan fingerprint density at radius 1 is 0.758 bits per heavy atom. The van der Waals surface area contributed by atoms with E-state index in [0.717, 1.165) is 6.07 Å². The largest absolute Gasteiger partial charge is 0.491 e. The van der Waals surface area contributed by atoms with Crippen LogP contribution in [0.4, 0.5) is 0 Å². The van der Waals surface area contributed by atoms with Gasteiger partial charge in [-0.25, -0.2) is 9.59 Å². The number of aromatic nitrogens is 1. The van der Waals surface area contributed by atoms with Crippen LogP contribution in [-0.2, 0) is 9.47 Å². The normalized spacial score (nSPS) is 18.3. The summed E-state index contributed by atoms with van der Waals surface area (Å²) in [6, 6.07) is 14.2. The Morgan fingerprint density at radius 2 is 1.21 bits per heavy atom. The van der Waals surface area contributed by atoms with Gasteiger partial charge < -0.3 is 32.9 Å². The molecule has 0 N–H and O–H groups in total. The molecule has 0 amide bonds. The minimum Gasteiger partial charge on any atom is -0.491 e. The Kier molecular flexibility index (Phi) is 5.92. The van der Waals surface area contributed by atoms with Crippen molar-refractivity contribution in [3.05, 3.63) is 66.1 Å². The van der Waals surface area contributed by atoms with Crippen LogP contribution in [0.25, 0.3) is 0 Å². The fourth-order valence-corrected chi connectivity index (χ4v) is 2.70. The van der Waals surface area contributed by atoms with Gasteiger partial charge in [-0.3, -0.25) is 0 Å². The van der Waals surface area contributed by atoms with Gasteiger partial charge in [0.15, 0.2) is 5.69 Å². The van der Waals surface area contributed by atoms with Crippen LogP contribution in [0.15, 0.2) is 59.1 Å². The van der Waals surface area contributed by atoms with Crippen molar-refractivity contribution in [1.29, 1.82) is 0 Å². The van der Waals surface area contributed by atoms with Crippen LogP contribution >= 0.6 is 0 Å². The molecule has 2 aliphatic heterocycles. The molecule has 0 radical (unpaired) electrons. The van der Waals surface area contributed by atoms with Gasteiger partial charge in [-0.15, -0.1) is 0 Å². The van der Waals surface area contributed by atoms with E-state index < -0.39 is 11.9 Å². The molecule has 2 aliphatic rings. The molecular formula is C23H19NO9. The summed E-state index contributed by atoms with van der Waals surface area (Å²) in [6.45, 7) is 2.37. The predicted molar refractivity (Wildman–Crippen MR) is 110 cm³/mol. The highest BCUT2D eigenvalue weighted by atomic mass is 16.6. The van der Waals surface area contributed by atoms with Crippen LogP contribution in [0.3, 0.4) is 0 Å². The zero-order valence-corrected chi connectivity index (χ0v) is 17.3. The summed E-state index contributed by atoms with van der Waals surface area (Å²) in [5, 5.41) is 3.59. The predicted octanol–water partition coefficient (Wildman–Crippen LogP) is 2.67. The van der Waals surface area contributed by atoms with Gasteiger partial charge >= 0.3 is 11.9 Å². The number of nitrogens with zero attached hydrogens (tertiary/aromatic N) is 1. The number of carbonyl (C=O) groups is 2. The van der Waals surface area contributed by atoms with E-state index >= 15 is 0 Å². The van der Waals surface area contributed by atoms with Crippen LogP contribution in [0.2, 0.25) is 0 Å². The number of benzene rings is 2. The second-order valence-corrected chi connectivity index (χ2v) is 7.33. The molecule has 10 nitrogen and oxygen atoms in total. The Bertz CT molecular complexity index is 1030. The van der Waals surface area contributed by atoms with Crippen LogP contribution < -0.4 is 18.9 Å². The molecule has 5 rings (SSSR count). The zero-order chi connectivity index (χ0) is 22.6. The SMILES string of the molecule is O=C(Oc1ccc(OCC2CO2)cc1)c1cc(C(=O)Oc2ccc(OCC3CO3)cc2)on1. The van der Waals surface area contributed by atoms with Gasteiger partial charge in [-0.1, -0.05) is 5.16 Å². The second-order valence-electron chi connectivity index (χ2n) is 7.33. The third-order valence-corrected chi connectivity index (χ3v) is 4.67. The highest BCUT2D eigenvalue weighted by Crippen LogP contribution is 2.22. The third-order valence-electron chi connectivity index (χ3n) is 4.67. The molecular weight excluding hydrogens is 434 g/mol. The summed E-state index contributed by atoms with van der Waals surface area (Å²) in [6.07, 6.45) is 0.298. The fourth-order valence-electron chi connectivity index (χ4n) is 2.70. The molecule has 2 unspecified atom stereocenters. The Labute approximate surface area is 187 Å². The van der Waals surface area contributed by atoms with Crippen molar-refractivity contribution in [2.24, 2.45) is 0 Å². The lowest BCUT2D eigenvalue weighted by Gasteiger charge is -2.06. The molecule has 2 atom stereocenters. The monoisotopic (exact) mass is 453 g/mol. The highest BCUT2D eigenvalue weighted by molar-refractivity contribution is 5.93. The summed E-state index contributed by atoms with van der Waals surface area (Å²) >= 11 is 0. The minimum absolute atomic E-state index is 0.149. The standard InChI is InChI=1S/C23H19NO9/c25-22(31-16-5-1-14(2-6-16)27-10-18-12-29-18)20-9-21(33-24-20)23(26)32-17-7-3-15(4-8-17)28-11-19-13-30-19/h1-9,18-19H,10-13H2. The van der Waals surface area contributed by atoms with E-state index in [4.69, 9.17) is 32.9 Å². The minimum atomic E-state index is -0.803. The van der Waals surface area contributed by atoms with Crippen LogP contribution in [-0.4, -0.2) is 55.7 Å². The first-order chi connectivity index (χ1) is 16.1. The Hall–Kier alpha value is -3.89. The van der Waals surface area contributed by atoms with Crippen molar-refractivity contribution in [2.45, 2.75) is 12.2 Å². The quantitative estimate of drug-likeness (QED) is 0.257. The van der Waals surface area contributed by atoms with E-state index in [1.807, 2.05) is 0 Å². The lowest BCUT2D eigenvalue weighted by molar-refractivity contribution is 0.0682. The van der Waals surface area contributed by atoms with E-state index in [2.05, 4.69) is 5.16 Å². The second kappa shape index (κ2) is 9.31. The maximum atomic E-state index is 12.3. The summed E-state index contributed by atoms with van der Waals surface area (Å²) in [4.78, 5) is 24.6. The molecule has 0 aliphatic carbocycles. The molecule has 1 aromatic heterocycles. The Morgan fingerprint density at radius 3 is 1.70 bits per heavy atom. The summed E-state index contributed by atoms with van der Waals surface area (Å²) in [5.74, 6) is 0.0181. The van der Waals surface area contributed by atoms with Gasteiger partial charge in [0.2, 0.25) is 5.76 Å². The number of hydrogen-bond acceptors (Lipinski definition) is 10. The average molecular weight is 453 g/mol. The van der Waals surface area contributed by atoms with Crippen LogP contribution in [0, 0.1) is 0 Å². The van der Waals surface area contributed by atoms with Crippen molar-refractivity contribution < 1.29 is 42.5 Å². The fraction of sp³-hybridized carbons (Fsp3) is 0.261. The van der Waals surface area contributed by atoms with Gasteiger partial charge in [0.05, 0.1) is 13.2 Å². The van der Waals surface area contributed by atoms with Gasteiger partial charge in [-0.05, 0) is 48.5 Å². The van der Waals surface area contributed by atoms with E-state index in [9.17, 15) is 9.59 Å². The van der Waals surface area contributed by atoms with Gasteiger partial charge in [-0.2, -0.15) is 0 Å². The molecule has 0 bridgehead atoms. The maximum absolute atomic E-state index is 12.3. The van der Waals surface area contributed by atoms with Crippen LogP contribution in [0.5, 0.6) is 23.0 Å². The molecule has 3 aromatic rings. The summed E-state index contributed by atoms with van der Waals surface area (Å²) in [7, 11) is 0. The number of carbonyl (C=O) groups excluding carboxylic acids is 2. The number of hydrogen-bond donors (Lipinski definition) is 0. The highest BCUT2D eigenvalue weighted by Gasteiger charge is 2.24. The summed E-state index contributed by atoms with van der Waals surface area (Å²) < 4.78 is 36.6. The lowest BCUT2D eigenvalue weighted by atomic mass is 10.3.